The van der Waals surface area contributed by atoms with E-state index < -0.39 is 0 Å². The number of carbonyl (C=O) groups is 1. The summed E-state index contributed by atoms with van der Waals surface area (Å²) in [5.74, 6) is 0.227. The third kappa shape index (κ3) is 2.27. The summed E-state index contributed by atoms with van der Waals surface area (Å²) in [6.07, 6.45) is 0. The number of amides is 1. The smallest absolute Gasteiger partial charge is 0.257 e. The summed E-state index contributed by atoms with van der Waals surface area (Å²) in [5, 5.41) is 3.00. The van der Waals surface area contributed by atoms with Crippen LogP contribution in [0.25, 0.3) is 11.1 Å². The Kier molecular flexibility index (Phi) is 3.00. The zero-order chi connectivity index (χ0) is 11.5. The van der Waals surface area contributed by atoms with Crippen LogP contribution >= 0.6 is 11.8 Å². The molecule has 0 bridgehead atoms. The Morgan fingerprint density at radius 2 is 2.44 bits per heavy atom. The molecule has 1 aromatic heterocycles. The molecule has 5 nitrogen and oxygen atoms in total. The summed E-state index contributed by atoms with van der Waals surface area (Å²) in [7, 11) is 1.59. The first kappa shape index (κ1) is 10.8. The van der Waals surface area contributed by atoms with Crippen molar-refractivity contribution < 1.29 is 9.21 Å². The highest BCUT2D eigenvalue weighted by molar-refractivity contribution is 7.99. The predicted molar refractivity (Wildman–Crippen MR) is 63.2 cm³/mol. The number of hydrogen-bond acceptors (Lipinski definition) is 5. The van der Waals surface area contributed by atoms with Gasteiger partial charge in [-0.3, -0.25) is 4.79 Å². The van der Waals surface area contributed by atoms with Gasteiger partial charge in [-0.2, -0.15) is 0 Å². The summed E-state index contributed by atoms with van der Waals surface area (Å²) in [5.41, 5.74) is 7.63. The molecule has 0 spiro atoms. The highest BCUT2D eigenvalue weighted by Crippen LogP contribution is 2.24. The molecule has 0 aliphatic rings. The average Bonchev–Trinajstić information content (AvgIpc) is 2.67. The van der Waals surface area contributed by atoms with Crippen LogP contribution in [0.4, 0.5) is 5.69 Å². The number of benzene rings is 1. The van der Waals surface area contributed by atoms with E-state index in [0.29, 0.717) is 22.2 Å². The fourth-order valence-electron chi connectivity index (χ4n) is 1.18. The number of thioether (sulfide) groups is 1. The molecule has 0 radical (unpaired) electrons. The number of nitrogens with one attached hydrogen (secondary N) is 1. The van der Waals surface area contributed by atoms with Crippen molar-refractivity contribution >= 4 is 34.5 Å². The molecule has 3 N–H and O–H groups in total. The molecule has 84 valence electrons. The predicted octanol–water partition coefficient (Wildman–Crippen LogP) is 1.25. The second-order valence-corrected chi connectivity index (χ2v) is 4.10. The average molecular weight is 237 g/mol. The van der Waals surface area contributed by atoms with Crippen molar-refractivity contribution in [3.8, 4) is 0 Å². The van der Waals surface area contributed by atoms with E-state index in [2.05, 4.69) is 10.3 Å². The normalized spacial score (nSPS) is 10.6. The Labute approximate surface area is 96.4 Å². The second-order valence-electron chi connectivity index (χ2n) is 3.17. The van der Waals surface area contributed by atoms with E-state index in [0.717, 1.165) is 5.52 Å². The highest BCUT2D eigenvalue weighted by atomic mass is 32.2. The molecule has 0 saturated heterocycles. The number of rotatable bonds is 3. The third-order valence-electron chi connectivity index (χ3n) is 2.00. The first-order valence-electron chi connectivity index (χ1n) is 4.68. The first-order valence-corrected chi connectivity index (χ1v) is 5.67. The van der Waals surface area contributed by atoms with Gasteiger partial charge in [0.15, 0.2) is 5.58 Å². The van der Waals surface area contributed by atoms with E-state index >= 15 is 0 Å². The van der Waals surface area contributed by atoms with Crippen LogP contribution in [-0.2, 0) is 4.79 Å². The molecule has 2 rings (SSSR count). The maximum absolute atomic E-state index is 11.0. The molecule has 0 unspecified atom stereocenters. The molecule has 6 heteroatoms. The maximum Gasteiger partial charge on any atom is 0.257 e. The number of carbonyl (C=O) groups excluding carboxylic acids is 1. The van der Waals surface area contributed by atoms with Gasteiger partial charge in [-0.05, 0) is 12.1 Å². The lowest BCUT2D eigenvalue weighted by molar-refractivity contribution is -0.118. The van der Waals surface area contributed by atoms with E-state index in [1.165, 1.54) is 11.8 Å². The third-order valence-corrected chi connectivity index (χ3v) is 2.83. The van der Waals surface area contributed by atoms with Gasteiger partial charge in [0, 0.05) is 18.8 Å². The molecule has 0 aliphatic carbocycles. The summed E-state index contributed by atoms with van der Waals surface area (Å²) in [4.78, 5) is 15.3. The Hall–Kier alpha value is -1.69. The Balaban J connectivity index is 2.16. The quantitative estimate of drug-likeness (QED) is 0.620. The lowest BCUT2D eigenvalue weighted by atomic mass is 10.3. The SMILES string of the molecule is CNC(=O)CSc1nc2ccc(N)cc2o1. The van der Waals surface area contributed by atoms with Crippen molar-refractivity contribution in [2.45, 2.75) is 5.22 Å². The van der Waals surface area contributed by atoms with Crippen LogP contribution in [0, 0.1) is 0 Å². The summed E-state index contributed by atoms with van der Waals surface area (Å²) in [6, 6.07) is 5.27. The Morgan fingerprint density at radius 3 is 3.19 bits per heavy atom. The van der Waals surface area contributed by atoms with Crippen molar-refractivity contribution in [2.24, 2.45) is 0 Å². The van der Waals surface area contributed by atoms with Crippen LogP contribution in [0.15, 0.2) is 27.8 Å². The van der Waals surface area contributed by atoms with Gasteiger partial charge < -0.3 is 15.5 Å². The fourth-order valence-corrected chi connectivity index (χ4v) is 1.89. The van der Waals surface area contributed by atoms with Crippen LogP contribution < -0.4 is 11.1 Å². The maximum atomic E-state index is 11.0. The minimum atomic E-state index is -0.0632. The number of nitrogens with zero attached hydrogens (tertiary/aromatic N) is 1. The Morgan fingerprint density at radius 1 is 1.62 bits per heavy atom. The standard InChI is InChI=1S/C10H11N3O2S/c1-12-9(14)5-16-10-13-7-3-2-6(11)4-8(7)15-10/h2-4H,5,11H2,1H3,(H,12,14). The zero-order valence-corrected chi connectivity index (χ0v) is 9.50. The molecule has 0 fully saturated rings. The van der Waals surface area contributed by atoms with Gasteiger partial charge in [0.2, 0.25) is 5.91 Å². The van der Waals surface area contributed by atoms with Crippen molar-refractivity contribution in [1.82, 2.24) is 10.3 Å². The monoisotopic (exact) mass is 237 g/mol. The van der Waals surface area contributed by atoms with E-state index in [-0.39, 0.29) is 5.91 Å². The highest BCUT2D eigenvalue weighted by Gasteiger charge is 2.08. The van der Waals surface area contributed by atoms with E-state index in [1.807, 2.05) is 0 Å². The fraction of sp³-hybridized carbons (Fsp3) is 0.200. The van der Waals surface area contributed by atoms with Gasteiger partial charge in [0.1, 0.15) is 5.52 Å². The van der Waals surface area contributed by atoms with E-state index in [9.17, 15) is 4.79 Å². The number of hydrogen-bond donors (Lipinski definition) is 2. The minimum absolute atomic E-state index is 0.0632. The molecule has 1 amide bonds. The van der Waals surface area contributed by atoms with Crippen LogP contribution in [-0.4, -0.2) is 23.7 Å². The lowest BCUT2D eigenvalue weighted by Crippen LogP contribution is -2.19. The summed E-state index contributed by atoms with van der Waals surface area (Å²) >= 11 is 1.25. The van der Waals surface area contributed by atoms with Gasteiger partial charge >= 0.3 is 0 Å². The second kappa shape index (κ2) is 4.44. The number of nitrogens with two attached hydrogens (primary N) is 1. The molecule has 1 heterocycles. The van der Waals surface area contributed by atoms with E-state index in [4.69, 9.17) is 10.2 Å². The lowest BCUT2D eigenvalue weighted by Gasteiger charge is -1.94. The van der Waals surface area contributed by atoms with Crippen LogP contribution in [0.3, 0.4) is 0 Å². The van der Waals surface area contributed by atoms with Crippen molar-refractivity contribution in [3.05, 3.63) is 18.2 Å². The largest absolute Gasteiger partial charge is 0.431 e. The van der Waals surface area contributed by atoms with Crippen LogP contribution in [0.5, 0.6) is 0 Å². The number of oxazole rings is 1. The van der Waals surface area contributed by atoms with Crippen molar-refractivity contribution in [1.29, 1.82) is 0 Å². The zero-order valence-electron chi connectivity index (χ0n) is 8.69. The van der Waals surface area contributed by atoms with E-state index in [1.54, 1.807) is 25.2 Å². The van der Waals surface area contributed by atoms with Gasteiger partial charge in [-0.1, -0.05) is 11.8 Å². The van der Waals surface area contributed by atoms with Crippen molar-refractivity contribution in [2.75, 3.05) is 18.5 Å². The van der Waals surface area contributed by atoms with Crippen LogP contribution in [0.1, 0.15) is 0 Å². The Bertz CT molecular complexity index is 524. The molecular weight excluding hydrogens is 226 g/mol. The first-order chi connectivity index (χ1) is 7.69. The van der Waals surface area contributed by atoms with Gasteiger partial charge in [0.25, 0.3) is 5.22 Å². The number of anilines is 1. The minimum Gasteiger partial charge on any atom is -0.431 e. The summed E-state index contributed by atoms with van der Waals surface area (Å²) in [6.45, 7) is 0. The van der Waals surface area contributed by atoms with Gasteiger partial charge in [-0.25, -0.2) is 4.98 Å². The molecule has 0 aliphatic heterocycles. The number of fused-ring (bicyclic) bond motifs is 1. The molecule has 2 aromatic rings. The number of aromatic nitrogens is 1. The molecular formula is C10H11N3O2S. The molecule has 0 saturated carbocycles. The molecule has 16 heavy (non-hydrogen) atoms. The number of nitrogen functional groups attached to an aromatic ring is 1. The summed E-state index contributed by atoms with van der Waals surface area (Å²) < 4.78 is 5.44. The van der Waals surface area contributed by atoms with Crippen molar-refractivity contribution in [3.63, 3.8) is 0 Å². The molecule has 0 atom stereocenters. The van der Waals surface area contributed by atoms with Gasteiger partial charge in [0.05, 0.1) is 5.75 Å². The molecule has 1 aromatic carbocycles. The van der Waals surface area contributed by atoms with Crippen LogP contribution in [0.2, 0.25) is 0 Å². The topological polar surface area (TPSA) is 81.2 Å². The van der Waals surface area contributed by atoms with Gasteiger partial charge in [-0.15, -0.1) is 0 Å².